The Labute approximate surface area is 112 Å². The zero-order chi connectivity index (χ0) is 13.2. The largest absolute Gasteiger partial charge is 0.399 e. The Bertz CT molecular complexity index is 583. The molecule has 19 heavy (non-hydrogen) atoms. The summed E-state index contributed by atoms with van der Waals surface area (Å²) in [6.45, 7) is 0.732. The van der Waals surface area contributed by atoms with Crippen molar-refractivity contribution in [1.29, 1.82) is 0 Å². The van der Waals surface area contributed by atoms with E-state index in [1.165, 1.54) is 6.42 Å². The maximum atomic E-state index is 9.28. The number of nitrogen functional groups attached to an aromatic ring is 1. The summed E-state index contributed by atoms with van der Waals surface area (Å²) in [7, 11) is 0. The summed E-state index contributed by atoms with van der Waals surface area (Å²) >= 11 is 0. The molecule has 0 atom stereocenters. The summed E-state index contributed by atoms with van der Waals surface area (Å²) in [4.78, 5) is 10.9. The van der Waals surface area contributed by atoms with Crippen molar-refractivity contribution in [3.8, 4) is 0 Å². The number of aliphatic hydroxyl groups excluding tert-OH is 1. The first-order chi connectivity index (χ1) is 9.29. The molecule has 3 rings (SSSR count). The lowest BCUT2D eigenvalue weighted by Gasteiger charge is -2.38. The predicted molar refractivity (Wildman–Crippen MR) is 76.0 cm³/mol. The van der Waals surface area contributed by atoms with E-state index >= 15 is 0 Å². The Morgan fingerprint density at radius 3 is 2.84 bits per heavy atom. The van der Waals surface area contributed by atoms with Gasteiger partial charge in [-0.15, -0.1) is 0 Å². The number of aliphatic hydroxyl groups is 1. The average molecular weight is 258 g/mol. The Morgan fingerprint density at radius 1 is 1.32 bits per heavy atom. The lowest BCUT2D eigenvalue weighted by molar-refractivity contribution is 0.283. The number of hydrogen-bond donors (Lipinski definition) is 2. The second kappa shape index (κ2) is 5.01. The minimum absolute atomic E-state index is 0.129. The van der Waals surface area contributed by atoms with E-state index in [0.717, 1.165) is 29.6 Å². The van der Waals surface area contributed by atoms with Crippen LogP contribution in [0.15, 0.2) is 24.5 Å². The van der Waals surface area contributed by atoms with E-state index < -0.39 is 0 Å². The van der Waals surface area contributed by atoms with Crippen molar-refractivity contribution in [3.63, 3.8) is 0 Å². The smallest absolute Gasteiger partial charge is 0.140 e. The molecule has 0 bridgehead atoms. The van der Waals surface area contributed by atoms with Crippen LogP contribution in [0.2, 0.25) is 0 Å². The molecule has 0 saturated heterocycles. The summed E-state index contributed by atoms with van der Waals surface area (Å²) in [6.07, 6.45) is 5.15. The van der Waals surface area contributed by atoms with Crippen molar-refractivity contribution >= 4 is 22.4 Å². The summed E-state index contributed by atoms with van der Waals surface area (Å²) in [5.74, 6) is 0.885. The molecule has 0 amide bonds. The van der Waals surface area contributed by atoms with Gasteiger partial charge in [0.2, 0.25) is 0 Å². The number of aromatic nitrogens is 2. The summed E-state index contributed by atoms with van der Waals surface area (Å²) in [5, 5.41) is 10.2. The van der Waals surface area contributed by atoms with Crippen LogP contribution >= 0.6 is 0 Å². The third kappa shape index (κ3) is 2.21. The lowest BCUT2D eigenvalue weighted by atomic mass is 9.91. The quantitative estimate of drug-likeness (QED) is 0.814. The lowest BCUT2D eigenvalue weighted by Crippen LogP contribution is -2.42. The van der Waals surface area contributed by atoms with Gasteiger partial charge in [-0.1, -0.05) is 0 Å². The fourth-order valence-electron chi connectivity index (χ4n) is 2.56. The molecule has 1 aliphatic rings. The maximum Gasteiger partial charge on any atom is 0.140 e. The van der Waals surface area contributed by atoms with Gasteiger partial charge < -0.3 is 15.7 Å². The first-order valence-corrected chi connectivity index (χ1v) is 6.67. The number of fused-ring (bicyclic) bond motifs is 1. The van der Waals surface area contributed by atoms with E-state index in [1.807, 2.05) is 18.2 Å². The van der Waals surface area contributed by atoms with Gasteiger partial charge in [-0.05, 0) is 37.5 Å². The summed E-state index contributed by atoms with van der Waals surface area (Å²) < 4.78 is 0. The molecule has 0 unspecified atom stereocenters. The average Bonchev–Trinajstić information content (AvgIpc) is 2.35. The molecule has 0 radical (unpaired) electrons. The van der Waals surface area contributed by atoms with Crippen LogP contribution in [0.1, 0.15) is 19.3 Å². The molecule has 2 aromatic rings. The fraction of sp³-hybridized carbons (Fsp3) is 0.429. The molecule has 1 aromatic carbocycles. The van der Waals surface area contributed by atoms with Gasteiger partial charge in [-0.25, -0.2) is 9.97 Å². The summed E-state index contributed by atoms with van der Waals surface area (Å²) in [5.41, 5.74) is 7.47. The molecule has 5 nitrogen and oxygen atoms in total. The van der Waals surface area contributed by atoms with E-state index in [0.29, 0.717) is 18.3 Å². The minimum Gasteiger partial charge on any atom is -0.399 e. The highest BCUT2D eigenvalue weighted by Gasteiger charge is 2.26. The number of anilines is 2. The topological polar surface area (TPSA) is 75.3 Å². The van der Waals surface area contributed by atoms with Crippen molar-refractivity contribution in [1.82, 2.24) is 9.97 Å². The molecule has 1 fully saturated rings. The summed E-state index contributed by atoms with van der Waals surface area (Å²) in [6, 6.07) is 6.15. The first-order valence-electron chi connectivity index (χ1n) is 6.67. The monoisotopic (exact) mass is 258 g/mol. The van der Waals surface area contributed by atoms with Crippen LogP contribution in [-0.4, -0.2) is 34.3 Å². The molecule has 5 heteroatoms. The van der Waals surface area contributed by atoms with Crippen molar-refractivity contribution in [2.45, 2.75) is 25.3 Å². The Kier molecular flexibility index (Phi) is 3.21. The number of benzene rings is 1. The predicted octanol–water partition coefficient (Wildman–Crippen LogP) is 1.56. The molecule has 100 valence electrons. The standard InChI is InChI=1S/C14H18N4O/c15-10-4-5-13-12(8-10)14(17-9-16-13)18(6-7-19)11-2-1-3-11/h4-5,8-9,11,19H,1-3,6-7,15H2. The second-order valence-electron chi connectivity index (χ2n) is 4.98. The van der Waals surface area contributed by atoms with Gasteiger partial charge in [0.05, 0.1) is 12.1 Å². The van der Waals surface area contributed by atoms with Crippen LogP contribution < -0.4 is 10.6 Å². The zero-order valence-corrected chi connectivity index (χ0v) is 10.8. The van der Waals surface area contributed by atoms with Crippen molar-refractivity contribution in [2.75, 3.05) is 23.8 Å². The zero-order valence-electron chi connectivity index (χ0n) is 10.8. The van der Waals surface area contributed by atoms with Gasteiger partial charge in [0.25, 0.3) is 0 Å². The molecule has 3 N–H and O–H groups in total. The fourth-order valence-corrected chi connectivity index (χ4v) is 2.56. The van der Waals surface area contributed by atoms with Crippen LogP contribution in [0.25, 0.3) is 10.9 Å². The van der Waals surface area contributed by atoms with Gasteiger partial charge in [0.15, 0.2) is 0 Å². The van der Waals surface area contributed by atoms with Gasteiger partial charge >= 0.3 is 0 Å². The van der Waals surface area contributed by atoms with Gasteiger partial charge in [-0.3, -0.25) is 0 Å². The van der Waals surface area contributed by atoms with Crippen molar-refractivity contribution in [2.24, 2.45) is 0 Å². The number of rotatable bonds is 4. The van der Waals surface area contributed by atoms with E-state index in [9.17, 15) is 5.11 Å². The minimum atomic E-state index is 0.129. The third-order valence-electron chi connectivity index (χ3n) is 3.77. The van der Waals surface area contributed by atoms with E-state index in [4.69, 9.17) is 5.73 Å². The number of nitrogens with zero attached hydrogens (tertiary/aromatic N) is 3. The Balaban J connectivity index is 2.08. The first kappa shape index (κ1) is 12.2. The van der Waals surface area contributed by atoms with Crippen molar-refractivity contribution < 1.29 is 5.11 Å². The molecule has 1 aromatic heterocycles. The molecule has 1 saturated carbocycles. The normalized spacial score (nSPS) is 15.4. The number of nitrogens with two attached hydrogens (primary N) is 1. The van der Waals surface area contributed by atoms with Crippen LogP contribution in [0.5, 0.6) is 0 Å². The molecular formula is C14H18N4O. The van der Waals surface area contributed by atoms with Crippen LogP contribution in [0.3, 0.4) is 0 Å². The Morgan fingerprint density at radius 2 is 2.16 bits per heavy atom. The third-order valence-corrected chi connectivity index (χ3v) is 3.77. The van der Waals surface area contributed by atoms with E-state index in [2.05, 4.69) is 14.9 Å². The maximum absolute atomic E-state index is 9.28. The van der Waals surface area contributed by atoms with Crippen molar-refractivity contribution in [3.05, 3.63) is 24.5 Å². The SMILES string of the molecule is Nc1ccc2ncnc(N(CCO)C3CCC3)c2c1. The van der Waals surface area contributed by atoms with E-state index in [-0.39, 0.29) is 6.61 Å². The van der Waals surface area contributed by atoms with Gasteiger partial charge in [-0.2, -0.15) is 0 Å². The molecule has 0 spiro atoms. The second-order valence-corrected chi connectivity index (χ2v) is 4.98. The van der Waals surface area contributed by atoms with Crippen LogP contribution in [-0.2, 0) is 0 Å². The highest BCUT2D eigenvalue weighted by Crippen LogP contribution is 2.32. The van der Waals surface area contributed by atoms with Crippen LogP contribution in [0, 0.1) is 0 Å². The molecule has 0 aliphatic heterocycles. The highest BCUT2D eigenvalue weighted by atomic mass is 16.3. The molecule has 1 heterocycles. The molecule has 1 aliphatic carbocycles. The Hall–Kier alpha value is -1.88. The van der Waals surface area contributed by atoms with Gasteiger partial charge in [0.1, 0.15) is 12.1 Å². The highest BCUT2D eigenvalue weighted by molar-refractivity contribution is 5.91. The van der Waals surface area contributed by atoms with Gasteiger partial charge in [0, 0.05) is 23.7 Å². The van der Waals surface area contributed by atoms with E-state index in [1.54, 1.807) is 6.33 Å². The van der Waals surface area contributed by atoms with Crippen LogP contribution in [0.4, 0.5) is 11.5 Å². The number of hydrogen-bond acceptors (Lipinski definition) is 5. The molecular weight excluding hydrogens is 240 g/mol.